The summed E-state index contributed by atoms with van der Waals surface area (Å²) >= 11 is 0. The molecule has 2 amide bonds. The van der Waals surface area contributed by atoms with E-state index in [1.807, 2.05) is 24.3 Å². The molecule has 0 bridgehead atoms. The third-order valence-corrected chi connectivity index (χ3v) is 11.8. The number of esters is 2. The number of sulfonamides is 1. The van der Waals surface area contributed by atoms with E-state index in [0.29, 0.717) is 11.8 Å². The number of fused-ring (bicyclic) bond motifs is 1. The number of likely N-dealkylation sites (tertiary alicyclic amines) is 1. The van der Waals surface area contributed by atoms with Crippen molar-refractivity contribution in [1.29, 1.82) is 0 Å². The van der Waals surface area contributed by atoms with Crippen molar-refractivity contribution in [2.45, 2.75) is 81.6 Å². The van der Waals surface area contributed by atoms with Crippen LogP contribution in [0.4, 0.5) is 5.69 Å². The fraction of sp³-hybridized carbons (Fsp3) is 0.439. The predicted molar refractivity (Wildman–Crippen MR) is 213 cm³/mol. The van der Waals surface area contributed by atoms with Crippen molar-refractivity contribution in [3.63, 3.8) is 0 Å². The molecule has 16 nitrogen and oxygen atoms in total. The van der Waals surface area contributed by atoms with Crippen LogP contribution in [0.2, 0.25) is 0 Å². The summed E-state index contributed by atoms with van der Waals surface area (Å²) in [6.07, 6.45) is 4.45. The molecule has 5 atom stereocenters. The van der Waals surface area contributed by atoms with Crippen LogP contribution < -0.4 is 10.1 Å². The van der Waals surface area contributed by atoms with Crippen molar-refractivity contribution in [1.82, 2.24) is 19.5 Å². The monoisotopic (exact) mass is 819 g/mol. The molecule has 1 aliphatic heterocycles. The fourth-order valence-electron chi connectivity index (χ4n) is 7.00. The van der Waals surface area contributed by atoms with Gasteiger partial charge in [-0.2, -0.15) is 4.31 Å². The average molecular weight is 820 g/mol. The molecule has 1 aliphatic carbocycles. The standard InChI is InChI=1S/C41H49N5O11S/c1-7-10-15-22-44(58(53,54)34-19-14-13-18-32(34)46(51)52)26-31(38(49)57-40(4,5)6)37(48)45-25-29(56-36-30-17-12-11-16-27(30)20-21-42-36)23-33(45)35(47)43-41(24-28(41)8-2)39(50)55-9-3/h7-8,11-14,16-21,28-29,31,33H,1-2,9-10,15,22-26H2,3-6H3,(H,43,47)/t28-,29-,31+,33+,41-/m1/s1. The number of amides is 2. The van der Waals surface area contributed by atoms with Gasteiger partial charge in [0.15, 0.2) is 4.90 Å². The first-order valence-corrected chi connectivity index (χ1v) is 20.4. The number of allylic oxidation sites excluding steroid dienone is 1. The highest BCUT2D eigenvalue weighted by Gasteiger charge is 2.62. The lowest BCUT2D eigenvalue weighted by Crippen LogP contribution is -2.56. The van der Waals surface area contributed by atoms with Crippen molar-refractivity contribution in [2.24, 2.45) is 11.8 Å². The van der Waals surface area contributed by atoms with Crippen LogP contribution in [0.1, 0.15) is 53.4 Å². The molecule has 0 spiro atoms. The third-order valence-electron chi connectivity index (χ3n) is 9.92. The second-order valence-corrected chi connectivity index (χ2v) is 17.1. The number of ether oxygens (including phenoxy) is 3. The Morgan fingerprint density at radius 1 is 1.12 bits per heavy atom. The van der Waals surface area contributed by atoms with E-state index in [-0.39, 0.29) is 44.8 Å². The Morgan fingerprint density at radius 3 is 2.48 bits per heavy atom. The Labute approximate surface area is 337 Å². The summed E-state index contributed by atoms with van der Waals surface area (Å²) in [6.45, 7) is 12.6. The van der Waals surface area contributed by atoms with Crippen molar-refractivity contribution in [2.75, 3.05) is 26.2 Å². The van der Waals surface area contributed by atoms with Crippen molar-refractivity contribution in [3.8, 4) is 5.88 Å². The molecule has 58 heavy (non-hydrogen) atoms. The van der Waals surface area contributed by atoms with Gasteiger partial charge in [0.05, 0.1) is 18.1 Å². The molecule has 3 aromatic rings. The third kappa shape index (κ3) is 9.53. The fourth-order valence-corrected chi connectivity index (χ4v) is 8.65. The van der Waals surface area contributed by atoms with E-state index in [9.17, 15) is 37.7 Å². The highest BCUT2D eigenvalue weighted by molar-refractivity contribution is 7.89. The molecule has 5 rings (SSSR count). The number of nitro benzene ring substituents is 1. The zero-order chi connectivity index (χ0) is 42.4. The lowest BCUT2D eigenvalue weighted by Gasteiger charge is -2.32. The topological polar surface area (TPSA) is 205 Å². The Kier molecular flexibility index (Phi) is 13.4. The lowest BCUT2D eigenvalue weighted by molar-refractivity contribution is -0.387. The lowest BCUT2D eigenvalue weighted by atomic mass is 10.1. The number of para-hydroxylation sites is 1. The first-order chi connectivity index (χ1) is 27.5. The molecule has 310 valence electrons. The van der Waals surface area contributed by atoms with Crippen LogP contribution in [0.25, 0.3) is 10.8 Å². The van der Waals surface area contributed by atoms with Crippen LogP contribution in [0.15, 0.2) is 91.0 Å². The molecule has 0 unspecified atom stereocenters. The summed E-state index contributed by atoms with van der Waals surface area (Å²) in [6, 6.07) is 12.6. The number of benzene rings is 2. The summed E-state index contributed by atoms with van der Waals surface area (Å²) in [4.78, 5) is 72.6. The van der Waals surface area contributed by atoms with Crippen LogP contribution >= 0.6 is 0 Å². The SMILES string of the molecule is C=CCCCN(C[C@H](C(=O)OC(C)(C)C)C(=O)N1C[C@H](Oc2nccc3ccccc23)C[C@H]1C(=O)N[C@]1(C(=O)OCC)C[C@H]1C=C)S(=O)(=O)c1ccccc1[N+](=O)[O-]. The number of carbonyl (C=O) groups is 4. The molecular weight excluding hydrogens is 771 g/mol. The van der Waals surface area contributed by atoms with Gasteiger partial charge in [-0.15, -0.1) is 13.2 Å². The average Bonchev–Trinajstić information content (AvgIpc) is 3.74. The highest BCUT2D eigenvalue weighted by Crippen LogP contribution is 2.46. The molecule has 1 N–H and O–H groups in total. The van der Waals surface area contributed by atoms with Gasteiger partial charge in [0.1, 0.15) is 29.2 Å². The molecule has 2 aromatic carbocycles. The number of hydrogen-bond donors (Lipinski definition) is 1. The van der Waals surface area contributed by atoms with E-state index in [0.717, 1.165) is 26.7 Å². The Hall–Kier alpha value is -5.68. The van der Waals surface area contributed by atoms with E-state index in [1.54, 1.807) is 46.0 Å². The van der Waals surface area contributed by atoms with E-state index in [2.05, 4.69) is 23.5 Å². The molecular formula is C41H49N5O11S. The van der Waals surface area contributed by atoms with Gasteiger partial charge in [0, 0.05) is 43.1 Å². The quantitative estimate of drug-likeness (QED) is 0.0462. The number of unbranched alkanes of at least 4 members (excludes halogenated alkanes) is 1. The number of pyridine rings is 1. The molecule has 2 fully saturated rings. The van der Waals surface area contributed by atoms with Crippen molar-refractivity contribution in [3.05, 3.63) is 96.2 Å². The van der Waals surface area contributed by atoms with Gasteiger partial charge in [0.25, 0.3) is 5.69 Å². The molecule has 1 saturated carbocycles. The first-order valence-electron chi connectivity index (χ1n) is 19.0. The van der Waals surface area contributed by atoms with Gasteiger partial charge in [-0.05, 0) is 70.5 Å². The molecule has 2 heterocycles. The van der Waals surface area contributed by atoms with Gasteiger partial charge >= 0.3 is 11.9 Å². The number of nitrogens with zero attached hydrogens (tertiary/aromatic N) is 4. The molecule has 2 aliphatic rings. The largest absolute Gasteiger partial charge is 0.472 e. The van der Waals surface area contributed by atoms with Gasteiger partial charge in [-0.25, -0.2) is 18.2 Å². The van der Waals surface area contributed by atoms with Crippen LogP contribution in [0.3, 0.4) is 0 Å². The van der Waals surface area contributed by atoms with Crippen molar-refractivity contribution < 1.29 is 46.7 Å². The second kappa shape index (κ2) is 17.9. The summed E-state index contributed by atoms with van der Waals surface area (Å²) in [7, 11) is -4.72. The zero-order valence-corrected chi connectivity index (χ0v) is 33.8. The maximum atomic E-state index is 15.0. The van der Waals surface area contributed by atoms with Crippen LogP contribution in [-0.2, 0) is 38.7 Å². The van der Waals surface area contributed by atoms with Gasteiger partial charge in [-0.1, -0.05) is 42.5 Å². The minimum Gasteiger partial charge on any atom is -0.472 e. The number of hydrogen-bond acceptors (Lipinski definition) is 12. The minimum absolute atomic E-state index is 0.0538. The molecule has 1 saturated heterocycles. The number of carbonyl (C=O) groups excluding carboxylic acids is 4. The van der Waals surface area contributed by atoms with E-state index < -0.39 is 90.9 Å². The smallest absolute Gasteiger partial charge is 0.332 e. The van der Waals surface area contributed by atoms with Crippen LogP contribution in [0.5, 0.6) is 5.88 Å². The van der Waals surface area contributed by atoms with E-state index in [4.69, 9.17) is 14.2 Å². The van der Waals surface area contributed by atoms with Gasteiger partial charge < -0.3 is 24.4 Å². The summed E-state index contributed by atoms with van der Waals surface area (Å²) in [5, 5.41) is 16.3. The van der Waals surface area contributed by atoms with E-state index in [1.165, 1.54) is 18.2 Å². The first kappa shape index (κ1) is 43.4. The van der Waals surface area contributed by atoms with Gasteiger partial charge in [-0.3, -0.25) is 24.5 Å². The number of rotatable bonds is 18. The number of nitro groups is 1. The summed E-state index contributed by atoms with van der Waals surface area (Å²) < 4.78 is 46.7. The maximum absolute atomic E-state index is 15.0. The van der Waals surface area contributed by atoms with Crippen LogP contribution in [-0.4, -0.2) is 101 Å². The predicted octanol–water partition coefficient (Wildman–Crippen LogP) is 4.73. The normalized spacial score (nSPS) is 20.8. The number of nitrogens with one attached hydrogen (secondary N) is 1. The highest BCUT2D eigenvalue weighted by atomic mass is 32.2. The van der Waals surface area contributed by atoms with Crippen LogP contribution in [0, 0.1) is 22.0 Å². The van der Waals surface area contributed by atoms with Gasteiger partial charge in [0.2, 0.25) is 27.7 Å². The Bertz CT molecular complexity index is 2180. The summed E-state index contributed by atoms with van der Waals surface area (Å²) in [5.41, 5.74) is -3.25. The Morgan fingerprint density at radius 2 is 1.83 bits per heavy atom. The zero-order valence-electron chi connectivity index (χ0n) is 33.0. The maximum Gasteiger partial charge on any atom is 0.332 e. The molecule has 0 radical (unpaired) electrons. The molecule has 1 aromatic heterocycles. The van der Waals surface area contributed by atoms with E-state index >= 15 is 0 Å². The molecule has 17 heteroatoms. The summed E-state index contributed by atoms with van der Waals surface area (Å²) in [5.74, 6) is -5.51. The second-order valence-electron chi connectivity index (χ2n) is 15.2. The van der Waals surface area contributed by atoms with Crippen molar-refractivity contribution >= 4 is 50.2 Å². The Balaban J connectivity index is 1.56. The number of aromatic nitrogens is 1. The minimum atomic E-state index is -4.72.